The molecule has 0 spiro atoms. The Labute approximate surface area is 132 Å². The highest BCUT2D eigenvalue weighted by molar-refractivity contribution is 6.11. The smallest absolute Gasteiger partial charge is 0.333 e. The third-order valence-electron chi connectivity index (χ3n) is 3.18. The fraction of sp³-hybridized carbons (Fsp3) is 0.812. The van der Waals surface area contributed by atoms with Gasteiger partial charge in [-0.2, -0.15) is 0 Å². The Morgan fingerprint density at radius 2 is 1.62 bits per heavy atom. The van der Waals surface area contributed by atoms with Crippen LogP contribution in [0.2, 0.25) is 5.54 Å². The van der Waals surface area contributed by atoms with Crippen LogP contribution in [0.15, 0.2) is 12.2 Å². The number of carbonyl (C=O) groups excluding carboxylic acids is 1. The Balaban J connectivity index is 4.11. The Morgan fingerprint density at radius 1 is 1.10 bits per heavy atom. The Kier molecular flexibility index (Phi) is 12.6. The number of esters is 1. The largest absolute Gasteiger partial charge is 0.462 e. The van der Waals surface area contributed by atoms with Gasteiger partial charge in [-0.25, -0.2) is 4.79 Å². The molecule has 0 saturated carbocycles. The Hall–Kier alpha value is -0.653. The Morgan fingerprint density at radius 3 is 2.05 bits per heavy atom. The van der Waals surface area contributed by atoms with Crippen molar-refractivity contribution in [2.24, 2.45) is 0 Å². The first-order valence-corrected chi connectivity index (χ1v) is 9.24. The van der Waals surface area contributed by atoms with Crippen molar-refractivity contribution in [3.63, 3.8) is 0 Å². The van der Waals surface area contributed by atoms with Crippen molar-refractivity contribution in [2.45, 2.75) is 64.7 Å². The number of carbonyl (C=O) groups is 1. The second kappa shape index (κ2) is 13.0. The predicted molar refractivity (Wildman–Crippen MR) is 89.6 cm³/mol. The molecular formula is C16H32O4Si. The topological polar surface area (TPSA) is 44.8 Å². The summed E-state index contributed by atoms with van der Waals surface area (Å²) in [6, 6.07) is 0. The molecule has 0 aromatic carbocycles. The van der Waals surface area contributed by atoms with E-state index in [1.807, 2.05) is 0 Å². The van der Waals surface area contributed by atoms with Crippen molar-refractivity contribution in [1.29, 1.82) is 0 Å². The van der Waals surface area contributed by atoms with Crippen LogP contribution < -0.4 is 0 Å². The molecule has 0 heterocycles. The van der Waals surface area contributed by atoms with Crippen LogP contribution in [-0.4, -0.2) is 42.3 Å². The third kappa shape index (κ3) is 10.7. The van der Waals surface area contributed by atoms with Crippen molar-refractivity contribution in [2.75, 3.05) is 19.8 Å². The van der Waals surface area contributed by atoms with E-state index in [4.69, 9.17) is 14.2 Å². The van der Waals surface area contributed by atoms with E-state index in [0.717, 1.165) is 55.6 Å². The fourth-order valence-corrected chi connectivity index (χ4v) is 2.28. The molecule has 21 heavy (non-hydrogen) atoms. The highest BCUT2D eigenvalue weighted by Gasteiger charge is 2.19. The maximum Gasteiger partial charge on any atom is 0.333 e. The molecular weight excluding hydrogens is 284 g/mol. The van der Waals surface area contributed by atoms with Gasteiger partial charge in [0.1, 0.15) is 0 Å². The van der Waals surface area contributed by atoms with Crippen LogP contribution in [0.3, 0.4) is 0 Å². The summed E-state index contributed by atoms with van der Waals surface area (Å²) >= 11 is 0. The molecule has 0 aromatic rings. The molecule has 0 bridgehead atoms. The van der Waals surface area contributed by atoms with Gasteiger partial charge >= 0.3 is 5.97 Å². The van der Waals surface area contributed by atoms with E-state index in [-0.39, 0.29) is 12.3 Å². The maximum atomic E-state index is 11.3. The van der Waals surface area contributed by atoms with Gasteiger partial charge in [-0.1, -0.05) is 33.3 Å². The number of ether oxygens (including phenoxy) is 3. The molecule has 0 fully saturated rings. The van der Waals surface area contributed by atoms with E-state index in [1.165, 1.54) is 0 Å². The molecule has 0 saturated heterocycles. The van der Waals surface area contributed by atoms with Gasteiger partial charge in [0.25, 0.3) is 0 Å². The molecule has 0 aromatic heterocycles. The van der Waals surface area contributed by atoms with Crippen molar-refractivity contribution in [3.05, 3.63) is 12.2 Å². The van der Waals surface area contributed by atoms with Crippen LogP contribution >= 0.6 is 0 Å². The number of hydrogen-bond acceptors (Lipinski definition) is 4. The summed E-state index contributed by atoms with van der Waals surface area (Å²) in [7, 11) is 0.952. The number of unbranched alkanes of at least 4 members (excludes halogenated alkanes) is 2. The third-order valence-corrected chi connectivity index (χ3v) is 4.30. The second-order valence-corrected chi connectivity index (χ2v) is 6.98. The Bertz CT molecular complexity index is 284. The summed E-state index contributed by atoms with van der Waals surface area (Å²) in [6.07, 6.45) is 4.96. The summed E-state index contributed by atoms with van der Waals surface area (Å²) in [5.74, 6) is -0.320. The lowest BCUT2D eigenvalue weighted by atomic mass is 10.3. The molecule has 0 rings (SSSR count). The average molecular weight is 317 g/mol. The van der Waals surface area contributed by atoms with Gasteiger partial charge in [0.15, 0.2) is 6.29 Å². The van der Waals surface area contributed by atoms with Gasteiger partial charge in [0.05, 0.1) is 6.61 Å². The minimum absolute atomic E-state index is 0.154. The number of rotatable bonds is 13. The first-order valence-electron chi connectivity index (χ1n) is 8.08. The minimum Gasteiger partial charge on any atom is -0.462 e. The zero-order valence-electron chi connectivity index (χ0n) is 14.2. The lowest BCUT2D eigenvalue weighted by Crippen LogP contribution is -2.26. The normalized spacial score (nSPS) is 12.6. The van der Waals surface area contributed by atoms with Crippen molar-refractivity contribution < 1.29 is 19.0 Å². The highest BCUT2D eigenvalue weighted by atomic mass is 28.1. The van der Waals surface area contributed by atoms with Gasteiger partial charge in [-0.3, -0.25) is 0 Å². The molecule has 1 unspecified atom stereocenters. The van der Waals surface area contributed by atoms with E-state index in [1.54, 1.807) is 6.92 Å². The molecule has 1 atom stereocenters. The van der Waals surface area contributed by atoms with E-state index in [9.17, 15) is 4.79 Å². The van der Waals surface area contributed by atoms with Crippen molar-refractivity contribution >= 4 is 16.2 Å². The molecule has 124 valence electrons. The van der Waals surface area contributed by atoms with Crippen molar-refractivity contribution in [1.82, 2.24) is 0 Å². The quantitative estimate of drug-likeness (QED) is 0.172. The maximum absolute atomic E-state index is 11.3. The van der Waals surface area contributed by atoms with Gasteiger partial charge in [-0.05, 0) is 31.7 Å². The second-order valence-electron chi connectivity index (χ2n) is 5.50. The molecule has 0 N–H and O–H groups in total. The molecule has 0 amide bonds. The van der Waals surface area contributed by atoms with Gasteiger partial charge in [-0.15, -0.1) is 0 Å². The molecule has 0 aliphatic heterocycles. The zero-order chi connectivity index (χ0) is 16.1. The van der Waals surface area contributed by atoms with Crippen LogP contribution in [0, 0.1) is 0 Å². The standard InChI is InChI=1S/C16H32O4Si/c1-5-7-10-19-16(20-11-8-6-2)14(21)9-12-18-15(17)13(3)4/h14,16H,3,5-12H2,1-2,4,21H3. The number of hydrogen-bond donors (Lipinski definition) is 0. The van der Waals surface area contributed by atoms with Crippen LogP contribution in [0.4, 0.5) is 0 Å². The fourth-order valence-electron chi connectivity index (χ4n) is 1.66. The molecule has 5 heteroatoms. The van der Waals surface area contributed by atoms with E-state index in [0.29, 0.717) is 17.7 Å². The van der Waals surface area contributed by atoms with E-state index in [2.05, 4.69) is 20.4 Å². The van der Waals surface area contributed by atoms with Gasteiger partial charge in [0, 0.05) is 29.0 Å². The van der Waals surface area contributed by atoms with Gasteiger partial charge < -0.3 is 14.2 Å². The van der Waals surface area contributed by atoms with Gasteiger partial charge in [0.2, 0.25) is 0 Å². The zero-order valence-corrected chi connectivity index (χ0v) is 16.2. The molecule has 0 radical (unpaired) electrons. The summed E-state index contributed by atoms with van der Waals surface area (Å²) in [5, 5.41) is 0. The van der Waals surface area contributed by atoms with Crippen molar-refractivity contribution in [3.8, 4) is 0 Å². The monoisotopic (exact) mass is 316 g/mol. The van der Waals surface area contributed by atoms with E-state index < -0.39 is 0 Å². The average Bonchev–Trinajstić information content (AvgIpc) is 2.45. The van der Waals surface area contributed by atoms with Crippen LogP contribution in [-0.2, 0) is 19.0 Å². The van der Waals surface area contributed by atoms with Crippen LogP contribution in [0.5, 0.6) is 0 Å². The predicted octanol–water partition coefficient (Wildman–Crippen LogP) is 2.61. The lowest BCUT2D eigenvalue weighted by Gasteiger charge is -2.24. The first kappa shape index (κ1) is 20.3. The summed E-state index contributed by atoms with van der Waals surface area (Å²) in [6.45, 7) is 11.4. The summed E-state index contributed by atoms with van der Waals surface area (Å²) in [5.41, 5.74) is 0.770. The lowest BCUT2D eigenvalue weighted by molar-refractivity contribution is -0.151. The van der Waals surface area contributed by atoms with Crippen LogP contribution in [0.25, 0.3) is 0 Å². The SMILES string of the molecule is C=C(C)C(=O)OCCC([SiH3])C(OCCCC)OCCCC. The summed E-state index contributed by atoms with van der Waals surface area (Å²) < 4.78 is 16.8. The molecule has 4 nitrogen and oxygen atoms in total. The van der Waals surface area contributed by atoms with Crippen LogP contribution in [0.1, 0.15) is 52.9 Å². The molecule has 0 aliphatic rings. The minimum atomic E-state index is -0.320. The molecule has 0 aliphatic carbocycles. The van der Waals surface area contributed by atoms with E-state index >= 15 is 0 Å². The highest BCUT2D eigenvalue weighted by Crippen LogP contribution is 2.18. The first-order chi connectivity index (χ1) is 10.0. The summed E-state index contributed by atoms with van der Waals surface area (Å²) in [4.78, 5) is 11.3.